The van der Waals surface area contributed by atoms with Gasteiger partial charge in [-0.2, -0.15) is 5.10 Å². The van der Waals surface area contributed by atoms with Gasteiger partial charge in [0.15, 0.2) is 11.6 Å². The Hall–Kier alpha value is -5.50. The van der Waals surface area contributed by atoms with E-state index in [0.717, 1.165) is 60.3 Å². The number of ether oxygens (including phenoxy) is 2. The number of rotatable bonds is 9. The summed E-state index contributed by atoms with van der Waals surface area (Å²) < 4.78 is 41.7. The Bertz CT molecular complexity index is 2110. The summed E-state index contributed by atoms with van der Waals surface area (Å²) in [5, 5.41) is 14.7. The first-order valence-electron chi connectivity index (χ1n) is 17.5. The van der Waals surface area contributed by atoms with Crippen LogP contribution in [0, 0.1) is 18.6 Å². The second-order valence-corrected chi connectivity index (χ2v) is 13.8. The number of hydrogen-bond donors (Lipinski definition) is 3. The Kier molecular flexibility index (Phi) is 9.58. The van der Waals surface area contributed by atoms with Crippen LogP contribution in [0.5, 0.6) is 17.4 Å². The number of nitrogens with one attached hydrogen (secondary N) is 1. The van der Waals surface area contributed by atoms with Gasteiger partial charge in [-0.1, -0.05) is 6.07 Å². The van der Waals surface area contributed by atoms with Crippen LogP contribution in [-0.4, -0.2) is 84.9 Å². The van der Waals surface area contributed by atoms with Crippen molar-refractivity contribution in [2.24, 2.45) is 0 Å². The lowest BCUT2D eigenvalue weighted by atomic mass is 9.88. The molecule has 0 atom stereocenters. The second-order valence-electron chi connectivity index (χ2n) is 13.8. The number of amides is 1. The van der Waals surface area contributed by atoms with Crippen LogP contribution in [0.15, 0.2) is 54.9 Å². The van der Waals surface area contributed by atoms with Crippen LogP contribution in [0.2, 0.25) is 0 Å². The summed E-state index contributed by atoms with van der Waals surface area (Å²) in [5.74, 6) is -1.71. The number of carbonyl (C=O) groups excluding carboxylic acids is 1. The smallest absolute Gasteiger partial charge is 0.407 e. The Morgan fingerprint density at radius 1 is 1.00 bits per heavy atom. The molecule has 12 nitrogen and oxygen atoms in total. The number of hydrogen-bond acceptors (Lipinski definition) is 8. The van der Waals surface area contributed by atoms with Crippen molar-refractivity contribution in [2.75, 3.05) is 31.9 Å². The molecule has 4 N–H and O–H groups in total. The fourth-order valence-corrected chi connectivity index (χ4v) is 7.15. The minimum atomic E-state index is -0.911. The van der Waals surface area contributed by atoms with Crippen LogP contribution in [0.1, 0.15) is 72.6 Å². The number of nitrogens with zero attached hydrogens (tertiary/aromatic N) is 5. The summed E-state index contributed by atoms with van der Waals surface area (Å²) in [4.78, 5) is 36.8. The van der Waals surface area contributed by atoms with Crippen LogP contribution in [0.25, 0.3) is 16.6 Å². The van der Waals surface area contributed by atoms with E-state index in [-0.39, 0.29) is 35.1 Å². The van der Waals surface area contributed by atoms with Gasteiger partial charge in [0, 0.05) is 49.2 Å². The lowest BCUT2D eigenvalue weighted by Crippen LogP contribution is -2.42. The molecule has 2 fully saturated rings. The molecule has 0 bridgehead atoms. The highest BCUT2D eigenvalue weighted by molar-refractivity contribution is 6.12. The molecular weight excluding hydrogens is 672 g/mol. The number of pyridine rings is 1. The molecule has 0 unspecified atom stereocenters. The monoisotopic (exact) mass is 713 g/mol. The van der Waals surface area contributed by atoms with E-state index in [2.05, 4.69) is 33.8 Å². The number of para-hydroxylation sites is 1. The molecule has 5 heterocycles. The summed E-state index contributed by atoms with van der Waals surface area (Å²) in [6.45, 7) is 8.93. The Morgan fingerprint density at radius 3 is 2.37 bits per heavy atom. The number of fused-ring (bicyclic) bond motifs is 1. The van der Waals surface area contributed by atoms with Crippen LogP contribution in [-0.2, 0) is 0 Å². The zero-order valence-electron chi connectivity index (χ0n) is 29.2. The Morgan fingerprint density at radius 2 is 1.71 bits per heavy atom. The number of benzene rings is 2. The highest BCUT2D eigenvalue weighted by Gasteiger charge is 2.29. The highest BCUT2D eigenvalue weighted by atomic mass is 19.1. The van der Waals surface area contributed by atoms with Gasteiger partial charge in [-0.05, 0) is 93.8 Å². The van der Waals surface area contributed by atoms with Crippen molar-refractivity contribution in [2.45, 2.75) is 64.5 Å². The fourth-order valence-electron chi connectivity index (χ4n) is 7.15. The van der Waals surface area contributed by atoms with Gasteiger partial charge in [0.2, 0.25) is 17.4 Å². The number of halogens is 2. The van der Waals surface area contributed by atoms with Gasteiger partial charge in [0.1, 0.15) is 17.7 Å². The summed E-state index contributed by atoms with van der Waals surface area (Å²) >= 11 is 0. The number of H-pyrrole nitrogens is 1. The number of aryl methyl sites for hydroxylation is 1. The van der Waals surface area contributed by atoms with E-state index in [1.165, 1.54) is 34.1 Å². The summed E-state index contributed by atoms with van der Waals surface area (Å²) in [7, 11) is 0. The van der Waals surface area contributed by atoms with Gasteiger partial charge in [-0.15, -0.1) is 0 Å². The summed E-state index contributed by atoms with van der Waals surface area (Å²) in [6, 6.07) is 11.2. The molecule has 1 amide bonds. The topological polar surface area (TPSA) is 152 Å². The first-order chi connectivity index (χ1) is 25.0. The predicted octanol–water partition coefficient (Wildman–Crippen LogP) is 7.05. The maximum absolute atomic E-state index is 14.1. The largest absolute Gasteiger partial charge is 0.490 e. The summed E-state index contributed by atoms with van der Waals surface area (Å²) in [6.07, 6.45) is 5.08. The van der Waals surface area contributed by atoms with Crippen LogP contribution >= 0.6 is 0 Å². The minimum absolute atomic E-state index is 0.0264. The number of nitrogens with two attached hydrogens (primary N) is 1. The number of carbonyl (C=O) groups is 2. The minimum Gasteiger partial charge on any atom is -0.490 e. The quantitative estimate of drug-likeness (QED) is 0.137. The van der Waals surface area contributed by atoms with Crippen molar-refractivity contribution in [3.8, 4) is 23.1 Å². The van der Waals surface area contributed by atoms with E-state index in [1.807, 2.05) is 12.1 Å². The Balaban J connectivity index is 1.15. The van der Waals surface area contributed by atoms with E-state index in [4.69, 9.17) is 15.2 Å². The molecule has 0 spiro atoms. The number of nitrogen functional groups attached to an aromatic ring is 1. The SMILES string of the molecule is Cc1cc(Oc2c(F)cccc2F)ncc1-n1ncc(C(=O)c2cc3cc(OC4CCN(C(C)C)CC4)c(C4CCN(C(=O)O)CC4)cc3[nH]2)c1N. The van der Waals surface area contributed by atoms with E-state index in [9.17, 15) is 23.5 Å². The zero-order valence-corrected chi connectivity index (χ0v) is 29.2. The molecule has 2 aromatic carbocycles. The third-order valence-electron chi connectivity index (χ3n) is 10.2. The molecule has 0 aliphatic carbocycles. The molecule has 0 radical (unpaired) electrons. The molecule has 272 valence electrons. The van der Waals surface area contributed by atoms with Crippen LogP contribution in [0.3, 0.4) is 0 Å². The van der Waals surface area contributed by atoms with Gasteiger partial charge in [0.25, 0.3) is 0 Å². The van der Waals surface area contributed by atoms with E-state index in [0.29, 0.717) is 48.9 Å². The fraction of sp³-hybridized carbons (Fsp3) is 0.368. The van der Waals surface area contributed by atoms with Crippen molar-refractivity contribution >= 4 is 28.6 Å². The van der Waals surface area contributed by atoms with Crippen molar-refractivity contribution in [1.29, 1.82) is 0 Å². The van der Waals surface area contributed by atoms with E-state index in [1.54, 1.807) is 13.0 Å². The van der Waals surface area contributed by atoms with Crippen LogP contribution < -0.4 is 15.2 Å². The number of ketones is 1. The lowest BCUT2D eigenvalue weighted by Gasteiger charge is -2.36. The third-order valence-corrected chi connectivity index (χ3v) is 10.2. The third kappa shape index (κ3) is 6.90. The van der Waals surface area contributed by atoms with Gasteiger partial charge >= 0.3 is 6.09 Å². The molecule has 2 aliphatic heterocycles. The number of piperidine rings is 2. The van der Waals surface area contributed by atoms with Gasteiger partial charge < -0.3 is 35.1 Å². The molecule has 2 saturated heterocycles. The first-order valence-corrected chi connectivity index (χ1v) is 17.5. The lowest BCUT2D eigenvalue weighted by molar-refractivity contribution is 0.0830. The number of carboxylic acid groups (broad SMARTS) is 1. The Labute approximate surface area is 299 Å². The van der Waals surface area contributed by atoms with Crippen molar-refractivity contribution in [3.05, 3.63) is 88.9 Å². The van der Waals surface area contributed by atoms with Gasteiger partial charge in [-0.3, -0.25) is 4.79 Å². The average Bonchev–Trinajstić information content (AvgIpc) is 3.72. The molecule has 3 aromatic heterocycles. The standard InChI is InChI=1S/C38H41F2N7O5/c1-21(2)45-13-9-25(10-14-45)51-33-17-24-16-31(44-30(24)18-26(33)23-7-11-46(12-8-23)38(49)50)35(48)27-19-43-47(37(27)41)32-20-42-34(15-22(32)3)52-36-28(39)5-4-6-29(36)40/h4-6,15-21,23,25,44H,7-14,41H2,1-3H3,(H,49,50). The summed E-state index contributed by atoms with van der Waals surface area (Å²) in [5.41, 5.74) is 9.79. The van der Waals surface area contributed by atoms with E-state index >= 15 is 0 Å². The normalized spacial score (nSPS) is 16.2. The molecular formula is C38H41F2N7O5. The number of anilines is 1. The van der Waals surface area contributed by atoms with Crippen molar-refractivity contribution in [3.63, 3.8) is 0 Å². The van der Waals surface area contributed by atoms with E-state index < -0.39 is 23.5 Å². The van der Waals surface area contributed by atoms with Crippen LogP contribution in [0.4, 0.5) is 19.4 Å². The maximum atomic E-state index is 14.1. The molecule has 14 heteroatoms. The first kappa shape index (κ1) is 34.9. The molecule has 2 aliphatic rings. The molecule has 7 rings (SSSR count). The predicted molar refractivity (Wildman–Crippen MR) is 191 cm³/mol. The molecule has 0 saturated carbocycles. The van der Waals surface area contributed by atoms with Crippen molar-refractivity contribution < 1.29 is 33.0 Å². The molecule has 52 heavy (non-hydrogen) atoms. The number of aromatic nitrogens is 4. The van der Waals surface area contributed by atoms with Gasteiger partial charge in [0.05, 0.1) is 29.3 Å². The maximum Gasteiger partial charge on any atom is 0.407 e. The number of aromatic amines is 1. The van der Waals surface area contributed by atoms with Crippen molar-refractivity contribution in [1.82, 2.24) is 29.5 Å². The second kappa shape index (κ2) is 14.3. The van der Waals surface area contributed by atoms with Gasteiger partial charge in [-0.25, -0.2) is 23.2 Å². The number of likely N-dealkylation sites (tertiary alicyclic amines) is 2. The average molecular weight is 714 g/mol. The highest BCUT2D eigenvalue weighted by Crippen LogP contribution is 2.39. The molecule has 5 aromatic rings. The zero-order chi connectivity index (χ0) is 36.7.